The number of hydrogen-bond acceptors (Lipinski definition) is 4. The van der Waals surface area contributed by atoms with Gasteiger partial charge in [-0.05, 0) is 24.3 Å². The van der Waals surface area contributed by atoms with E-state index < -0.39 is 17.4 Å². The SMILES string of the molecule is COC(=O)c1cccc(NC(=O)c2cc(Cl)c[nH]c2=O)c1. The van der Waals surface area contributed by atoms with Crippen molar-refractivity contribution in [1.82, 2.24) is 4.98 Å². The lowest BCUT2D eigenvalue weighted by Gasteiger charge is -2.06. The van der Waals surface area contributed by atoms with E-state index in [9.17, 15) is 14.4 Å². The number of anilines is 1. The number of rotatable bonds is 3. The molecule has 0 saturated carbocycles. The normalized spacial score (nSPS) is 10.0. The molecule has 2 N–H and O–H groups in total. The lowest BCUT2D eigenvalue weighted by atomic mass is 10.2. The number of amides is 1. The lowest BCUT2D eigenvalue weighted by molar-refractivity contribution is 0.0600. The molecular formula is C14H11ClN2O4. The zero-order chi connectivity index (χ0) is 15.4. The molecule has 108 valence electrons. The number of carbonyl (C=O) groups is 2. The number of hydrogen-bond donors (Lipinski definition) is 2. The van der Waals surface area contributed by atoms with Gasteiger partial charge in [-0.2, -0.15) is 0 Å². The summed E-state index contributed by atoms with van der Waals surface area (Å²) in [5.41, 5.74) is -0.0235. The summed E-state index contributed by atoms with van der Waals surface area (Å²) in [5, 5.41) is 2.76. The lowest BCUT2D eigenvalue weighted by Crippen LogP contribution is -2.22. The maximum absolute atomic E-state index is 12.0. The second-order valence-electron chi connectivity index (χ2n) is 4.09. The van der Waals surface area contributed by atoms with Crippen molar-refractivity contribution in [3.05, 3.63) is 63.0 Å². The molecule has 1 amide bonds. The van der Waals surface area contributed by atoms with E-state index in [1.54, 1.807) is 18.2 Å². The summed E-state index contributed by atoms with van der Waals surface area (Å²) in [5.74, 6) is -1.15. The summed E-state index contributed by atoms with van der Waals surface area (Å²) < 4.78 is 4.59. The first-order valence-corrected chi connectivity index (χ1v) is 6.27. The third kappa shape index (κ3) is 3.49. The molecule has 1 heterocycles. The Labute approximate surface area is 124 Å². The van der Waals surface area contributed by atoms with Crippen LogP contribution in [0.3, 0.4) is 0 Å². The van der Waals surface area contributed by atoms with Crippen LogP contribution in [0.1, 0.15) is 20.7 Å². The smallest absolute Gasteiger partial charge is 0.337 e. The van der Waals surface area contributed by atoms with Crippen molar-refractivity contribution < 1.29 is 14.3 Å². The van der Waals surface area contributed by atoms with Crippen LogP contribution in [0.15, 0.2) is 41.3 Å². The molecule has 0 unspecified atom stereocenters. The molecule has 21 heavy (non-hydrogen) atoms. The van der Waals surface area contributed by atoms with Crippen LogP contribution < -0.4 is 10.9 Å². The Balaban J connectivity index is 2.26. The van der Waals surface area contributed by atoms with Crippen LogP contribution in [0.5, 0.6) is 0 Å². The zero-order valence-electron chi connectivity index (χ0n) is 11.0. The molecule has 0 aliphatic heterocycles. The Hall–Kier alpha value is -2.60. The summed E-state index contributed by atoms with van der Waals surface area (Å²) in [6.45, 7) is 0. The molecule has 6 nitrogen and oxygen atoms in total. The van der Waals surface area contributed by atoms with Crippen LogP contribution in [-0.2, 0) is 4.74 Å². The van der Waals surface area contributed by atoms with Gasteiger partial charge in [-0.1, -0.05) is 17.7 Å². The fourth-order valence-electron chi connectivity index (χ4n) is 1.67. The number of halogens is 1. The monoisotopic (exact) mass is 306 g/mol. The van der Waals surface area contributed by atoms with Crippen LogP contribution in [0.25, 0.3) is 0 Å². The molecule has 0 radical (unpaired) electrons. The van der Waals surface area contributed by atoms with Gasteiger partial charge in [0, 0.05) is 11.9 Å². The van der Waals surface area contributed by atoms with E-state index >= 15 is 0 Å². The van der Waals surface area contributed by atoms with Gasteiger partial charge in [0.1, 0.15) is 5.56 Å². The van der Waals surface area contributed by atoms with Gasteiger partial charge in [-0.25, -0.2) is 4.79 Å². The van der Waals surface area contributed by atoms with Crippen molar-refractivity contribution in [2.75, 3.05) is 12.4 Å². The summed E-state index contributed by atoms with van der Waals surface area (Å²) in [6, 6.07) is 7.43. The predicted molar refractivity (Wildman–Crippen MR) is 77.8 cm³/mol. The number of H-pyrrole nitrogens is 1. The topological polar surface area (TPSA) is 88.3 Å². The number of carbonyl (C=O) groups excluding carboxylic acids is 2. The first-order valence-electron chi connectivity index (χ1n) is 5.89. The molecule has 0 aliphatic rings. The molecule has 1 aromatic heterocycles. The minimum atomic E-state index is -0.624. The van der Waals surface area contributed by atoms with Gasteiger partial charge in [0.15, 0.2) is 0 Å². The highest BCUT2D eigenvalue weighted by molar-refractivity contribution is 6.30. The molecule has 7 heteroatoms. The fourth-order valence-corrected chi connectivity index (χ4v) is 1.83. The Morgan fingerprint density at radius 3 is 2.76 bits per heavy atom. The Morgan fingerprint density at radius 2 is 2.05 bits per heavy atom. The van der Waals surface area contributed by atoms with E-state index in [2.05, 4.69) is 15.0 Å². The maximum atomic E-state index is 12.0. The average Bonchev–Trinajstić information content (AvgIpc) is 2.49. The van der Waals surface area contributed by atoms with E-state index in [1.807, 2.05) is 0 Å². The second kappa shape index (κ2) is 6.23. The minimum absolute atomic E-state index is 0.119. The van der Waals surface area contributed by atoms with E-state index in [1.165, 1.54) is 25.4 Å². The van der Waals surface area contributed by atoms with Crippen molar-refractivity contribution in [1.29, 1.82) is 0 Å². The van der Waals surface area contributed by atoms with Gasteiger partial charge in [0.25, 0.3) is 11.5 Å². The maximum Gasteiger partial charge on any atom is 0.337 e. The molecule has 0 spiro atoms. The van der Waals surface area contributed by atoms with Gasteiger partial charge in [-0.3, -0.25) is 9.59 Å². The summed E-state index contributed by atoms with van der Waals surface area (Å²) in [4.78, 5) is 37.4. The minimum Gasteiger partial charge on any atom is -0.465 e. The predicted octanol–water partition coefficient (Wildman–Crippen LogP) is 2.07. The largest absolute Gasteiger partial charge is 0.465 e. The molecule has 0 fully saturated rings. The zero-order valence-corrected chi connectivity index (χ0v) is 11.7. The number of esters is 1. The van der Waals surface area contributed by atoms with Gasteiger partial charge in [0.2, 0.25) is 0 Å². The van der Waals surface area contributed by atoms with E-state index in [4.69, 9.17) is 11.6 Å². The summed E-state index contributed by atoms with van der Waals surface area (Å²) in [6.07, 6.45) is 1.29. The molecule has 2 aromatic rings. The number of methoxy groups -OCH3 is 1. The van der Waals surface area contributed by atoms with Crippen LogP contribution in [0, 0.1) is 0 Å². The molecule has 1 aromatic carbocycles. The molecular weight excluding hydrogens is 296 g/mol. The second-order valence-corrected chi connectivity index (χ2v) is 4.52. The molecule has 0 aliphatic carbocycles. The Bertz CT molecular complexity index is 755. The van der Waals surface area contributed by atoms with Crippen LogP contribution >= 0.6 is 11.6 Å². The van der Waals surface area contributed by atoms with Crippen molar-refractivity contribution in [3.63, 3.8) is 0 Å². The number of pyridine rings is 1. The van der Waals surface area contributed by atoms with Crippen molar-refractivity contribution in [2.24, 2.45) is 0 Å². The standard InChI is InChI=1S/C14H11ClN2O4/c1-21-14(20)8-3-2-4-10(5-8)17-13(19)11-6-9(15)7-16-12(11)18/h2-7H,1H3,(H,16,18)(H,17,19). The van der Waals surface area contributed by atoms with Gasteiger partial charge < -0.3 is 15.0 Å². The molecule has 0 atom stereocenters. The van der Waals surface area contributed by atoms with E-state index in [-0.39, 0.29) is 16.1 Å². The highest BCUT2D eigenvalue weighted by Crippen LogP contribution is 2.13. The number of nitrogens with one attached hydrogen (secondary N) is 2. The van der Waals surface area contributed by atoms with Gasteiger partial charge in [-0.15, -0.1) is 0 Å². The average molecular weight is 307 g/mol. The number of aromatic amines is 1. The Morgan fingerprint density at radius 1 is 1.29 bits per heavy atom. The van der Waals surface area contributed by atoms with Crippen molar-refractivity contribution >= 4 is 29.2 Å². The third-order valence-electron chi connectivity index (χ3n) is 2.65. The van der Waals surface area contributed by atoms with Crippen molar-refractivity contribution in [3.8, 4) is 0 Å². The van der Waals surface area contributed by atoms with Gasteiger partial charge >= 0.3 is 5.97 Å². The number of ether oxygens (including phenoxy) is 1. The molecule has 2 rings (SSSR count). The first kappa shape index (κ1) is 14.8. The van der Waals surface area contributed by atoms with E-state index in [0.717, 1.165) is 0 Å². The van der Waals surface area contributed by atoms with Crippen molar-refractivity contribution in [2.45, 2.75) is 0 Å². The first-order chi connectivity index (χ1) is 10.0. The quantitative estimate of drug-likeness (QED) is 0.850. The van der Waals surface area contributed by atoms with Crippen LogP contribution in [0.2, 0.25) is 5.02 Å². The third-order valence-corrected chi connectivity index (χ3v) is 2.87. The molecule has 0 saturated heterocycles. The van der Waals surface area contributed by atoms with Crippen LogP contribution in [0.4, 0.5) is 5.69 Å². The molecule has 0 bridgehead atoms. The number of benzene rings is 1. The summed E-state index contributed by atoms with van der Waals surface area (Å²) >= 11 is 5.74. The summed E-state index contributed by atoms with van der Waals surface area (Å²) in [7, 11) is 1.26. The highest BCUT2D eigenvalue weighted by Gasteiger charge is 2.12. The highest BCUT2D eigenvalue weighted by atomic mass is 35.5. The number of aromatic nitrogens is 1. The van der Waals surface area contributed by atoms with Crippen LogP contribution in [-0.4, -0.2) is 24.0 Å². The van der Waals surface area contributed by atoms with E-state index in [0.29, 0.717) is 5.69 Å². The fraction of sp³-hybridized carbons (Fsp3) is 0.0714. The van der Waals surface area contributed by atoms with Gasteiger partial charge in [0.05, 0.1) is 17.7 Å². The Kier molecular flexibility index (Phi) is 4.39.